The molecule has 218 valence electrons. The summed E-state index contributed by atoms with van der Waals surface area (Å²) in [6.07, 6.45) is 6.84. The van der Waals surface area contributed by atoms with Gasteiger partial charge in [0.2, 0.25) is 5.78 Å². The lowest BCUT2D eigenvalue weighted by Gasteiger charge is -2.28. The van der Waals surface area contributed by atoms with Crippen LogP contribution in [0.15, 0.2) is 78.7 Å². The molecule has 1 saturated heterocycles. The molecular formula is C30H28F3N5O4. The molecule has 42 heavy (non-hydrogen) atoms. The van der Waals surface area contributed by atoms with Crippen molar-refractivity contribution in [2.24, 2.45) is 0 Å². The summed E-state index contributed by atoms with van der Waals surface area (Å²) in [5.74, 6) is -0.116. The number of carbonyl (C=O) groups excluding carboxylic acids is 1. The lowest BCUT2D eigenvalue weighted by molar-refractivity contribution is 0.0209. The summed E-state index contributed by atoms with van der Waals surface area (Å²) in [6, 6.07) is 11.0. The summed E-state index contributed by atoms with van der Waals surface area (Å²) in [5.41, 5.74) is 7.74. The maximum Gasteiger partial charge on any atom is 0.272 e. The van der Waals surface area contributed by atoms with Gasteiger partial charge >= 0.3 is 0 Å². The third-order valence-corrected chi connectivity index (χ3v) is 6.29. The molecule has 3 heterocycles. The molecule has 1 fully saturated rings. The number of nitrogens with zero attached hydrogens (tertiary/aromatic N) is 2. The number of benzene rings is 2. The van der Waals surface area contributed by atoms with Crippen molar-refractivity contribution in [3.63, 3.8) is 0 Å². The number of nitrogen functional groups attached to an aromatic ring is 1. The molecule has 2 aromatic heterocycles. The van der Waals surface area contributed by atoms with E-state index in [2.05, 4.69) is 15.4 Å². The van der Waals surface area contributed by atoms with Crippen LogP contribution in [0.5, 0.6) is 11.5 Å². The summed E-state index contributed by atoms with van der Waals surface area (Å²) in [5, 5.41) is 8.00. The minimum absolute atomic E-state index is 0.0288. The zero-order valence-corrected chi connectivity index (χ0v) is 22.5. The fourth-order valence-electron chi connectivity index (χ4n) is 4.18. The highest BCUT2D eigenvalue weighted by Crippen LogP contribution is 2.33. The first-order chi connectivity index (χ1) is 20.3. The number of alkyl halides is 2. The highest BCUT2D eigenvalue weighted by atomic mass is 19.3. The number of carbonyl (C=O) groups is 1. The lowest BCUT2D eigenvalue weighted by atomic mass is 10.1. The second kappa shape index (κ2) is 12.7. The Morgan fingerprint density at radius 2 is 2.07 bits per heavy atom. The van der Waals surface area contributed by atoms with E-state index in [4.69, 9.17) is 19.9 Å². The molecule has 9 nitrogen and oxygen atoms in total. The van der Waals surface area contributed by atoms with Crippen LogP contribution in [0.2, 0.25) is 0 Å². The number of anilines is 2. The number of nitrogens with two attached hydrogens (primary N) is 1. The van der Waals surface area contributed by atoms with E-state index in [-0.39, 0.29) is 34.6 Å². The Morgan fingerprint density at radius 3 is 2.79 bits per heavy atom. The Balaban J connectivity index is 1.35. The third-order valence-electron chi connectivity index (χ3n) is 6.29. The number of para-hydroxylation sites is 1. The van der Waals surface area contributed by atoms with Gasteiger partial charge in [-0.3, -0.25) is 4.79 Å². The van der Waals surface area contributed by atoms with E-state index in [1.54, 1.807) is 61.6 Å². The lowest BCUT2D eigenvalue weighted by Crippen LogP contribution is -2.40. The number of aromatic amines is 1. The molecule has 1 aliphatic rings. The summed E-state index contributed by atoms with van der Waals surface area (Å²) < 4.78 is 57.1. The number of aromatic nitrogens is 3. The summed E-state index contributed by atoms with van der Waals surface area (Å²) in [4.78, 5) is 16.4. The van der Waals surface area contributed by atoms with Gasteiger partial charge in [0, 0.05) is 17.1 Å². The highest BCUT2D eigenvalue weighted by molar-refractivity contribution is 6.12. The number of allylic oxidation sites excluding steroid dienone is 4. The van der Waals surface area contributed by atoms with Gasteiger partial charge in [-0.05, 0) is 55.5 Å². The second-order valence-corrected chi connectivity index (χ2v) is 9.36. The fourth-order valence-corrected chi connectivity index (χ4v) is 4.18. The number of hydrogen-bond acceptors (Lipinski definition) is 7. The number of hydrogen-bond donors (Lipinski definition) is 3. The first-order valence-electron chi connectivity index (χ1n) is 13.1. The first kappa shape index (κ1) is 28.6. The van der Waals surface area contributed by atoms with Crippen molar-refractivity contribution in [3.8, 4) is 11.5 Å². The van der Waals surface area contributed by atoms with Crippen LogP contribution in [0.1, 0.15) is 23.0 Å². The number of ether oxygens (including phenoxy) is 3. The van der Waals surface area contributed by atoms with E-state index in [0.29, 0.717) is 35.6 Å². The van der Waals surface area contributed by atoms with Gasteiger partial charge in [-0.1, -0.05) is 18.2 Å². The van der Waals surface area contributed by atoms with Gasteiger partial charge in [-0.25, -0.2) is 17.9 Å². The topological polar surface area (TPSA) is 116 Å². The van der Waals surface area contributed by atoms with E-state index < -0.39 is 24.6 Å². The van der Waals surface area contributed by atoms with Crippen LogP contribution in [-0.4, -0.2) is 52.8 Å². The average molecular weight is 580 g/mol. The molecule has 4 N–H and O–H groups in total. The van der Waals surface area contributed by atoms with Crippen molar-refractivity contribution in [2.45, 2.75) is 19.4 Å². The Bertz CT molecular complexity index is 1670. The molecule has 0 unspecified atom stereocenters. The minimum Gasteiger partial charge on any atom is -0.485 e. The molecule has 0 aliphatic carbocycles. The number of fused-ring (bicyclic) bond motifs is 1. The van der Waals surface area contributed by atoms with Gasteiger partial charge in [0.05, 0.1) is 42.4 Å². The fraction of sp³-hybridized carbons (Fsp3) is 0.200. The second-order valence-electron chi connectivity index (χ2n) is 9.36. The highest BCUT2D eigenvalue weighted by Gasteiger charge is 2.22. The van der Waals surface area contributed by atoms with Crippen LogP contribution in [0.4, 0.5) is 24.7 Å². The zero-order valence-electron chi connectivity index (χ0n) is 22.5. The maximum atomic E-state index is 14.0. The molecular weight excluding hydrogens is 551 g/mol. The van der Waals surface area contributed by atoms with E-state index in [1.165, 1.54) is 29.2 Å². The Morgan fingerprint density at radius 1 is 1.26 bits per heavy atom. The Labute approximate surface area is 239 Å². The van der Waals surface area contributed by atoms with Crippen LogP contribution in [0, 0.1) is 5.82 Å². The Kier molecular flexibility index (Phi) is 8.63. The van der Waals surface area contributed by atoms with Crippen LogP contribution >= 0.6 is 0 Å². The molecule has 0 spiro atoms. The monoisotopic (exact) mass is 579 g/mol. The number of rotatable bonds is 12. The molecule has 0 saturated carbocycles. The van der Waals surface area contributed by atoms with Crippen LogP contribution in [0.25, 0.3) is 17.1 Å². The molecule has 2 aromatic carbocycles. The SMILES string of the molecule is C/C=C/C(=C\C=C\n1ncc(C(=O)c2cc3cc(OCC(F)F)c(NC4COC4)cc3[nH]2)c1N)Oc1ccccc1F. The molecule has 1 aliphatic heterocycles. The summed E-state index contributed by atoms with van der Waals surface area (Å²) in [7, 11) is 0. The van der Waals surface area contributed by atoms with E-state index in [9.17, 15) is 18.0 Å². The third kappa shape index (κ3) is 6.50. The van der Waals surface area contributed by atoms with Crippen LogP contribution in [0.3, 0.4) is 0 Å². The van der Waals surface area contributed by atoms with Gasteiger partial charge in [0.25, 0.3) is 6.43 Å². The average Bonchev–Trinajstić information content (AvgIpc) is 3.53. The number of ketones is 1. The predicted octanol–water partition coefficient (Wildman–Crippen LogP) is 5.78. The van der Waals surface area contributed by atoms with Crippen molar-refractivity contribution in [1.82, 2.24) is 14.8 Å². The Hall–Kier alpha value is -4.97. The number of H-pyrrole nitrogens is 1. The molecule has 0 atom stereocenters. The summed E-state index contributed by atoms with van der Waals surface area (Å²) in [6.45, 7) is 2.02. The van der Waals surface area contributed by atoms with Crippen LogP contribution in [-0.2, 0) is 4.74 Å². The quantitative estimate of drug-likeness (QED) is 0.111. The van der Waals surface area contributed by atoms with Gasteiger partial charge in [0.1, 0.15) is 23.9 Å². The van der Waals surface area contributed by atoms with E-state index >= 15 is 0 Å². The molecule has 0 bridgehead atoms. The van der Waals surface area contributed by atoms with Crippen molar-refractivity contribution in [1.29, 1.82) is 0 Å². The van der Waals surface area contributed by atoms with Crippen molar-refractivity contribution >= 4 is 34.4 Å². The van der Waals surface area contributed by atoms with Gasteiger partial charge in [-0.2, -0.15) is 5.10 Å². The van der Waals surface area contributed by atoms with Crippen molar-refractivity contribution < 1.29 is 32.2 Å². The standard InChI is InChI=1S/C30H28F3N5O4/c1-2-6-20(42-26-9-4-3-8-22(26)31)7-5-10-38-30(34)21(14-35-38)29(39)25-11-18-12-27(41-17-28(32)33)24(13-23(18)37-25)36-19-15-40-16-19/h2-14,19,28,36-37H,15-17,34H2,1H3/b6-2+,10-5+,20-7+. The van der Waals surface area contributed by atoms with Gasteiger partial charge in [0.15, 0.2) is 11.6 Å². The smallest absolute Gasteiger partial charge is 0.272 e. The first-order valence-corrected chi connectivity index (χ1v) is 13.1. The largest absolute Gasteiger partial charge is 0.485 e. The van der Waals surface area contributed by atoms with Crippen molar-refractivity contribution in [3.05, 3.63) is 95.8 Å². The molecule has 5 rings (SSSR count). The van der Waals surface area contributed by atoms with Gasteiger partial charge < -0.3 is 30.2 Å². The van der Waals surface area contributed by atoms with Gasteiger partial charge in [-0.15, -0.1) is 0 Å². The minimum atomic E-state index is -2.64. The summed E-state index contributed by atoms with van der Waals surface area (Å²) >= 11 is 0. The molecule has 4 aromatic rings. The number of halogens is 3. The normalized spacial score (nSPS) is 14.3. The predicted molar refractivity (Wildman–Crippen MR) is 153 cm³/mol. The maximum absolute atomic E-state index is 14.0. The van der Waals surface area contributed by atoms with Crippen LogP contribution < -0.4 is 20.5 Å². The molecule has 0 radical (unpaired) electrons. The molecule has 0 amide bonds. The van der Waals surface area contributed by atoms with Crippen molar-refractivity contribution in [2.75, 3.05) is 30.9 Å². The van der Waals surface area contributed by atoms with E-state index in [0.717, 1.165) is 0 Å². The van der Waals surface area contributed by atoms with E-state index in [1.807, 2.05) is 0 Å². The number of nitrogens with one attached hydrogen (secondary N) is 2. The zero-order chi connectivity index (χ0) is 29.6. The molecule has 12 heteroatoms.